The van der Waals surface area contributed by atoms with Crippen LogP contribution in [0, 0.1) is 13.8 Å². The van der Waals surface area contributed by atoms with Gasteiger partial charge in [0.2, 0.25) is 10.0 Å². The van der Waals surface area contributed by atoms with Crippen molar-refractivity contribution in [1.82, 2.24) is 4.72 Å². The van der Waals surface area contributed by atoms with E-state index in [2.05, 4.69) is 4.72 Å². The number of rotatable bonds is 4. The Morgan fingerprint density at radius 1 is 1.32 bits per heavy atom. The fourth-order valence-electron chi connectivity index (χ4n) is 2.14. The first-order valence-corrected chi connectivity index (χ1v) is 7.67. The van der Waals surface area contributed by atoms with Crippen molar-refractivity contribution in [1.29, 1.82) is 0 Å². The molecule has 1 atom stereocenters. The number of sulfonamides is 1. The number of benzene rings is 1. The summed E-state index contributed by atoms with van der Waals surface area (Å²) in [6.45, 7) is 4.31. The smallest absolute Gasteiger partial charge is 0.240 e. The Morgan fingerprint density at radius 3 is 2.47 bits per heavy atom. The van der Waals surface area contributed by atoms with Gasteiger partial charge in [0.05, 0.1) is 11.5 Å². The third-order valence-electron chi connectivity index (χ3n) is 3.18. The molecule has 1 heterocycles. The summed E-state index contributed by atoms with van der Waals surface area (Å²) in [4.78, 5) is 0.229. The van der Waals surface area contributed by atoms with Crippen LogP contribution in [0.3, 0.4) is 0 Å². The van der Waals surface area contributed by atoms with Crippen molar-refractivity contribution in [3.05, 3.63) is 29.3 Å². The van der Waals surface area contributed by atoms with Gasteiger partial charge in [-0.2, -0.15) is 0 Å². The molecule has 0 aromatic heterocycles. The molecule has 1 fully saturated rings. The standard InChI is InChI=1S/C13H19NO4S/c1-10-5-11(2)7-12(6-10)19(16,17)14-8-13(15)3-4-18-9-13/h5-7,14-15H,3-4,8-9H2,1-2H3. The van der Waals surface area contributed by atoms with Crippen LogP contribution in [0.5, 0.6) is 0 Å². The first kappa shape index (κ1) is 14.5. The lowest BCUT2D eigenvalue weighted by Gasteiger charge is -2.20. The van der Waals surface area contributed by atoms with Crippen LogP contribution in [-0.4, -0.2) is 38.9 Å². The van der Waals surface area contributed by atoms with Crippen LogP contribution >= 0.6 is 0 Å². The minimum atomic E-state index is -3.60. The molecule has 2 rings (SSSR count). The van der Waals surface area contributed by atoms with Crippen molar-refractivity contribution in [2.24, 2.45) is 0 Å². The summed E-state index contributed by atoms with van der Waals surface area (Å²) in [5.74, 6) is 0. The average molecular weight is 285 g/mol. The molecule has 0 bridgehead atoms. The number of aryl methyl sites for hydroxylation is 2. The highest BCUT2D eigenvalue weighted by molar-refractivity contribution is 7.89. The van der Waals surface area contributed by atoms with Crippen molar-refractivity contribution in [2.75, 3.05) is 19.8 Å². The first-order chi connectivity index (χ1) is 8.81. The molecular weight excluding hydrogens is 266 g/mol. The van der Waals surface area contributed by atoms with E-state index in [9.17, 15) is 13.5 Å². The van der Waals surface area contributed by atoms with Gasteiger partial charge < -0.3 is 9.84 Å². The van der Waals surface area contributed by atoms with Crippen molar-refractivity contribution in [3.8, 4) is 0 Å². The van der Waals surface area contributed by atoms with E-state index < -0.39 is 15.6 Å². The molecule has 0 radical (unpaired) electrons. The summed E-state index contributed by atoms with van der Waals surface area (Å²) in [6, 6.07) is 5.15. The molecule has 1 aliphatic heterocycles. The molecule has 0 aliphatic carbocycles. The van der Waals surface area contributed by atoms with Crippen LogP contribution in [0.15, 0.2) is 23.1 Å². The van der Waals surface area contributed by atoms with E-state index in [-0.39, 0.29) is 18.0 Å². The van der Waals surface area contributed by atoms with E-state index in [1.54, 1.807) is 12.1 Å². The molecule has 0 spiro atoms. The normalized spacial score (nSPS) is 23.7. The van der Waals surface area contributed by atoms with Gasteiger partial charge in [-0.15, -0.1) is 0 Å². The molecule has 1 saturated heterocycles. The predicted octanol–water partition coefficient (Wildman–Crippen LogP) is 0.733. The Kier molecular flexibility index (Phi) is 3.96. The lowest BCUT2D eigenvalue weighted by atomic mass is 10.1. The van der Waals surface area contributed by atoms with Crippen molar-refractivity contribution < 1.29 is 18.3 Å². The predicted molar refractivity (Wildman–Crippen MR) is 71.5 cm³/mol. The van der Waals surface area contributed by atoms with E-state index in [4.69, 9.17) is 4.74 Å². The quantitative estimate of drug-likeness (QED) is 0.855. The zero-order valence-electron chi connectivity index (χ0n) is 11.1. The molecule has 5 nitrogen and oxygen atoms in total. The van der Waals surface area contributed by atoms with Crippen LogP contribution in [0.4, 0.5) is 0 Å². The maximum atomic E-state index is 12.2. The number of aliphatic hydroxyl groups is 1. The summed E-state index contributed by atoms with van der Waals surface area (Å²) < 4.78 is 31.9. The van der Waals surface area contributed by atoms with E-state index in [1.165, 1.54) is 0 Å². The molecule has 1 unspecified atom stereocenters. The fraction of sp³-hybridized carbons (Fsp3) is 0.538. The van der Waals surface area contributed by atoms with Gasteiger partial charge in [0.25, 0.3) is 0 Å². The number of hydrogen-bond donors (Lipinski definition) is 2. The average Bonchev–Trinajstić information content (AvgIpc) is 2.73. The van der Waals surface area contributed by atoms with Crippen LogP contribution in [0.25, 0.3) is 0 Å². The summed E-state index contributed by atoms with van der Waals surface area (Å²) in [6.07, 6.45) is 0.447. The lowest BCUT2D eigenvalue weighted by molar-refractivity contribution is 0.0314. The highest BCUT2D eigenvalue weighted by Crippen LogP contribution is 2.19. The molecular formula is C13H19NO4S. The third kappa shape index (κ3) is 3.54. The molecule has 19 heavy (non-hydrogen) atoms. The number of nitrogens with one attached hydrogen (secondary N) is 1. The minimum Gasteiger partial charge on any atom is -0.386 e. The first-order valence-electron chi connectivity index (χ1n) is 6.19. The lowest BCUT2D eigenvalue weighted by Crippen LogP contribution is -2.43. The van der Waals surface area contributed by atoms with Crippen molar-refractivity contribution in [3.63, 3.8) is 0 Å². The van der Waals surface area contributed by atoms with Gasteiger partial charge in [-0.25, -0.2) is 13.1 Å². The van der Waals surface area contributed by atoms with E-state index >= 15 is 0 Å². The molecule has 1 aliphatic rings. The maximum absolute atomic E-state index is 12.2. The van der Waals surface area contributed by atoms with Crippen LogP contribution in [0.2, 0.25) is 0 Å². The molecule has 1 aromatic carbocycles. The zero-order chi connectivity index (χ0) is 14.1. The van der Waals surface area contributed by atoms with Gasteiger partial charge in [0, 0.05) is 19.6 Å². The van der Waals surface area contributed by atoms with Gasteiger partial charge in [0.1, 0.15) is 5.60 Å². The molecule has 0 saturated carbocycles. The summed E-state index contributed by atoms with van der Waals surface area (Å²) in [5, 5.41) is 10.1. The van der Waals surface area contributed by atoms with Gasteiger partial charge in [-0.1, -0.05) is 6.07 Å². The largest absolute Gasteiger partial charge is 0.386 e. The number of ether oxygens (including phenoxy) is 1. The van der Waals surface area contributed by atoms with Crippen molar-refractivity contribution in [2.45, 2.75) is 30.8 Å². The topological polar surface area (TPSA) is 75.6 Å². The molecule has 6 heteroatoms. The Hall–Kier alpha value is -0.950. The third-order valence-corrected chi connectivity index (χ3v) is 4.56. The Morgan fingerprint density at radius 2 is 1.95 bits per heavy atom. The molecule has 1 aromatic rings. The monoisotopic (exact) mass is 285 g/mol. The Balaban J connectivity index is 2.13. The molecule has 0 amide bonds. The second kappa shape index (κ2) is 5.20. The highest BCUT2D eigenvalue weighted by atomic mass is 32.2. The maximum Gasteiger partial charge on any atom is 0.240 e. The van der Waals surface area contributed by atoms with Crippen LogP contribution in [0.1, 0.15) is 17.5 Å². The second-order valence-electron chi connectivity index (χ2n) is 5.17. The van der Waals surface area contributed by atoms with E-state index in [0.717, 1.165) is 11.1 Å². The van der Waals surface area contributed by atoms with Gasteiger partial charge >= 0.3 is 0 Å². The summed E-state index contributed by atoms with van der Waals surface area (Å²) >= 11 is 0. The Bertz CT molecular complexity index is 542. The van der Waals surface area contributed by atoms with E-state index in [1.807, 2.05) is 19.9 Å². The second-order valence-corrected chi connectivity index (χ2v) is 6.94. The molecule has 2 N–H and O–H groups in total. The van der Waals surface area contributed by atoms with Crippen LogP contribution < -0.4 is 4.72 Å². The summed E-state index contributed by atoms with van der Waals surface area (Å²) in [7, 11) is -3.60. The van der Waals surface area contributed by atoms with Gasteiger partial charge in [-0.05, 0) is 37.1 Å². The zero-order valence-corrected chi connectivity index (χ0v) is 12.0. The van der Waals surface area contributed by atoms with Crippen molar-refractivity contribution >= 4 is 10.0 Å². The van der Waals surface area contributed by atoms with Gasteiger partial charge in [0.15, 0.2) is 0 Å². The number of hydrogen-bond acceptors (Lipinski definition) is 4. The highest BCUT2D eigenvalue weighted by Gasteiger charge is 2.33. The summed E-state index contributed by atoms with van der Waals surface area (Å²) in [5.41, 5.74) is 0.693. The fourth-order valence-corrected chi connectivity index (χ4v) is 3.44. The Labute approximate surface area is 113 Å². The minimum absolute atomic E-state index is 0.0255. The SMILES string of the molecule is Cc1cc(C)cc(S(=O)(=O)NCC2(O)CCOC2)c1. The van der Waals surface area contributed by atoms with E-state index in [0.29, 0.717) is 13.0 Å². The van der Waals surface area contributed by atoms with Crippen LogP contribution in [-0.2, 0) is 14.8 Å². The van der Waals surface area contributed by atoms with Gasteiger partial charge in [-0.3, -0.25) is 0 Å². The molecule has 106 valence electrons.